The number of rotatable bonds is 11. The van der Waals surface area contributed by atoms with E-state index in [0.717, 1.165) is 5.57 Å². The Bertz CT molecular complexity index is 1230. The molecule has 0 aromatic carbocycles. The summed E-state index contributed by atoms with van der Waals surface area (Å²) in [6, 6.07) is -0.275. The molecule has 4 unspecified atom stereocenters. The van der Waals surface area contributed by atoms with Gasteiger partial charge in [0, 0.05) is 50.5 Å². The van der Waals surface area contributed by atoms with Gasteiger partial charge in [0.15, 0.2) is 18.4 Å². The minimum absolute atomic E-state index is 0.00381. The fourth-order valence-electron chi connectivity index (χ4n) is 8.17. The molecule has 0 radical (unpaired) electrons. The van der Waals surface area contributed by atoms with Gasteiger partial charge in [-0.25, -0.2) is 0 Å². The number of allylic oxidation sites excluding steroid dienone is 3. The molecule has 54 heavy (non-hydrogen) atoms. The number of aliphatic hydroxyl groups is 4. The summed E-state index contributed by atoms with van der Waals surface area (Å²) in [5.74, 6) is -2.85. The maximum atomic E-state index is 13.6. The lowest BCUT2D eigenvalue weighted by molar-refractivity contribution is -0.304. The topological polar surface area (TPSA) is 183 Å². The summed E-state index contributed by atoms with van der Waals surface area (Å²) in [6.07, 6.45) is -3.14. The molecular formula is C40H69NO13. The molecule has 4 N–H and O–H groups in total. The standard InChI is InChI=1S/C40H69NO13/c1-12-31-28(20-50-40-38(49-11)37(48-10)34(46)26(7)52-40)17-21(2)13-14-29(43)22(3)18-27(15-16-42)36(24(5)30(44)19-32(45)53-31)54-39-35(47)33(41(8)9)23(4)25(6)51-39/h13-14,17,22-28,30-31,33-40,42,44,46-47H,12,15-16,18-20H2,1-11H3/b14-13+,21-17+/t22-,23-,24+,25-,26?,27+,28-,30-,31-,33?,34-,35?,36-,37+,38?,39+,40-/m1/s1. The van der Waals surface area contributed by atoms with E-state index in [4.69, 9.17) is 33.2 Å². The van der Waals surface area contributed by atoms with Crippen LogP contribution in [0.2, 0.25) is 0 Å². The molecule has 0 amide bonds. The zero-order chi connectivity index (χ0) is 40.4. The molecule has 0 aliphatic carbocycles. The van der Waals surface area contributed by atoms with Crippen LogP contribution in [0.15, 0.2) is 23.8 Å². The minimum atomic E-state index is -1.23. The fraction of sp³-hybridized carbons (Fsp3) is 0.850. The number of likely N-dealkylation sites (N-methyl/N-ethyl adjacent to an activating group) is 1. The Balaban J connectivity index is 1.96. The Kier molecular flexibility index (Phi) is 18.7. The molecule has 17 atom stereocenters. The molecule has 0 saturated carbocycles. The molecule has 14 heteroatoms. The van der Waals surface area contributed by atoms with Crippen molar-refractivity contribution in [1.82, 2.24) is 4.90 Å². The maximum absolute atomic E-state index is 13.6. The van der Waals surface area contributed by atoms with E-state index in [1.807, 2.05) is 59.7 Å². The predicted molar refractivity (Wildman–Crippen MR) is 200 cm³/mol. The first-order chi connectivity index (χ1) is 25.5. The average Bonchev–Trinajstić information content (AvgIpc) is 3.12. The lowest BCUT2D eigenvalue weighted by Crippen LogP contribution is -2.60. The van der Waals surface area contributed by atoms with Crippen molar-refractivity contribution in [3.8, 4) is 0 Å². The number of esters is 1. The van der Waals surface area contributed by atoms with Gasteiger partial charge >= 0.3 is 5.97 Å². The van der Waals surface area contributed by atoms with Crippen LogP contribution in [0.4, 0.5) is 0 Å². The summed E-state index contributed by atoms with van der Waals surface area (Å²) >= 11 is 0. The molecule has 0 aromatic rings. The number of aliphatic hydroxyl groups excluding tert-OH is 4. The van der Waals surface area contributed by atoms with Gasteiger partial charge < -0.3 is 58.5 Å². The molecule has 3 heterocycles. The van der Waals surface area contributed by atoms with Crippen LogP contribution in [-0.2, 0) is 42.7 Å². The number of hydrogen-bond acceptors (Lipinski definition) is 14. The number of ether oxygens (including phenoxy) is 7. The molecule has 3 aliphatic heterocycles. The summed E-state index contributed by atoms with van der Waals surface area (Å²) in [5, 5.41) is 43.9. The monoisotopic (exact) mass is 771 g/mol. The molecular weight excluding hydrogens is 702 g/mol. The predicted octanol–water partition coefficient (Wildman–Crippen LogP) is 2.63. The first-order valence-electron chi connectivity index (χ1n) is 19.5. The zero-order valence-corrected chi connectivity index (χ0v) is 34.2. The number of nitrogens with zero attached hydrogens (tertiary/aromatic N) is 1. The normalized spacial score (nSPS) is 43.7. The summed E-state index contributed by atoms with van der Waals surface area (Å²) < 4.78 is 42.2. The number of carbonyl (C=O) groups is 2. The van der Waals surface area contributed by atoms with E-state index in [1.165, 1.54) is 20.3 Å². The molecule has 14 nitrogen and oxygen atoms in total. The number of methoxy groups -OCH3 is 2. The van der Waals surface area contributed by atoms with Crippen LogP contribution >= 0.6 is 0 Å². The molecule has 0 aromatic heterocycles. The molecule has 2 saturated heterocycles. The van der Waals surface area contributed by atoms with Crippen molar-refractivity contribution >= 4 is 11.8 Å². The zero-order valence-electron chi connectivity index (χ0n) is 34.2. The van der Waals surface area contributed by atoms with Gasteiger partial charge in [0.1, 0.15) is 30.5 Å². The Morgan fingerprint density at radius 2 is 1.52 bits per heavy atom. The maximum Gasteiger partial charge on any atom is 0.308 e. The highest BCUT2D eigenvalue weighted by Crippen LogP contribution is 2.36. The number of cyclic esters (lactones) is 1. The van der Waals surface area contributed by atoms with Crippen molar-refractivity contribution in [2.24, 2.45) is 29.6 Å². The van der Waals surface area contributed by atoms with Gasteiger partial charge in [-0.1, -0.05) is 45.4 Å². The van der Waals surface area contributed by atoms with Crippen LogP contribution < -0.4 is 0 Å². The highest BCUT2D eigenvalue weighted by Gasteiger charge is 2.47. The average molecular weight is 772 g/mol. The first kappa shape index (κ1) is 46.6. The third kappa shape index (κ3) is 11.9. The van der Waals surface area contributed by atoms with Crippen molar-refractivity contribution < 1.29 is 63.2 Å². The van der Waals surface area contributed by atoms with E-state index in [1.54, 1.807) is 19.9 Å². The van der Waals surface area contributed by atoms with Crippen LogP contribution in [0.3, 0.4) is 0 Å². The van der Waals surface area contributed by atoms with E-state index in [2.05, 4.69) is 0 Å². The summed E-state index contributed by atoms with van der Waals surface area (Å²) in [4.78, 5) is 29.1. The third-order valence-corrected chi connectivity index (χ3v) is 11.7. The Morgan fingerprint density at radius 3 is 2.11 bits per heavy atom. The van der Waals surface area contributed by atoms with Gasteiger partial charge in [-0.2, -0.15) is 0 Å². The van der Waals surface area contributed by atoms with E-state index in [0.29, 0.717) is 12.8 Å². The van der Waals surface area contributed by atoms with E-state index < -0.39 is 91.1 Å². The van der Waals surface area contributed by atoms with Gasteiger partial charge in [0.25, 0.3) is 0 Å². The summed E-state index contributed by atoms with van der Waals surface area (Å²) in [6.45, 7) is 12.8. The molecule has 0 spiro atoms. The first-order valence-corrected chi connectivity index (χ1v) is 19.5. The second-order valence-corrected chi connectivity index (χ2v) is 15.8. The molecule has 3 rings (SSSR count). The van der Waals surface area contributed by atoms with E-state index in [9.17, 15) is 30.0 Å². The quantitative estimate of drug-likeness (QED) is 0.225. The van der Waals surface area contributed by atoms with Gasteiger partial charge in [-0.3, -0.25) is 9.59 Å². The third-order valence-electron chi connectivity index (χ3n) is 11.7. The van der Waals surface area contributed by atoms with Gasteiger partial charge in [0.2, 0.25) is 0 Å². The number of ketones is 1. The van der Waals surface area contributed by atoms with Crippen molar-refractivity contribution in [3.05, 3.63) is 23.8 Å². The summed E-state index contributed by atoms with van der Waals surface area (Å²) in [7, 11) is 6.74. The van der Waals surface area contributed by atoms with Crippen molar-refractivity contribution in [2.75, 3.05) is 41.5 Å². The van der Waals surface area contributed by atoms with Crippen LogP contribution in [0.5, 0.6) is 0 Å². The smallest absolute Gasteiger partial charge is 0.308 e. The molecule has 0 bridgehead atoms. The second kappa shape index (κ2) is 21.6. The number of hydrogen-bond donors (Lipinski definition) is 4. The lowest BCUT2D eigenvalue weighted by Gasteiger charge is -2.47. The SMILES string of the molecule is CC[C@H]1OC(=O)C[C@@H](O)[C@H](C)[C@@H](O[C@@H]2O[C@H](C)[C@@H](C)C(N(C)C)C2O)[C@@H](CCO)C[C@@H](C)C(=O)/C=C/C(C)=C/[C@@H]1CO[C@@H]1OC(C)[C@@H](O)[C@H](OC)C1OC. The minimum Gasteiger partial charge on any atom is -0.462 e. The summed E-state index contributed by atoms with van der Waals surface area (Å²) in [5.41, 5.74) is 0.737. The fourth-order valence-corrected chi connectivity index (χ4v) is 8.17. The Labute approximate surface area is 322 Å². The van der Waals surface area contributed by atoms with E-state index >= 15 is 0 Å². The molecule has 3 aliphatic rings. The largest absolute Gasteiger partial charge is 0.462 e. The van der Waals surface area contributed by atoms with E-state index in [-0.39, 0.29) is 49.9 Å². The molecule has 312 valence electrons. The van der Waals surface area contributed by atoms with Gasteiger partial charge in [-0.15, -0.1) is 0 Å². The van der Waals surface area contributed by atoms with Crippen LogP contribution in [-0.4, -0.2) is 152 Å². The van der Waals surface area contributed by atoms with Crippen LogP contribution in [0.25, 0.3) is 0 Å². The van der Waals surface area contributed by atoms with Crippen molar-refractivity contribution in [2.45, 2.75) is 148 Å². The Hall–Kier alpha value is -1.82. The second-order valence-electron chi connectivity index (χ2n) is 15.8. The van der Waals surface area contributed by atoms with Gasteiger partial charge in [0.05, 0.1) is 37.4 Å². The highest BCUT2D eigenvalue weighted by molar-refractivity contribution is 5.91. The highest BCUT2D eigenvalue weighted by atomic mass is 16.7. The van der Waals surface area contributed by atoms with Crippen LogP contribution in [0.1, 0.15) is 74.1 Å². The molecule has 2 fully saturated rings. The van der Waals surface area contributed by atoms with Gasteiger partial charge in [-0.05, 0) is 66.1 Å². The lowest BCUT2D eigenvalue weighted by atomic mass is 9.79. The van der Waals surface area contributed by atoms with Crippen LogP contribution in [0, 0.1) is 29.6 Å². The Morgan fingerprint density at radius 1 is 0.870 bits per heavy atom. The number of carbonyl (C=O) groups excluding carboxylic acids is 2. The van der Waals surface area contributed by atoms with Crippen molar-refractivity contribution in [1.29, 1.82) is 0 Å². The van der Waals surface area contributed by atoms with Crippen molar-refractivity contribution in [3.63, 3.8) is 0 Å².